The Bertz CT molecular complexity index is 951. The number of amides is 3. The third kappa shape index (κ3) is 6.09. The van der Waals surface area contributed by atoms with Crippen LogP contribution in [0.4, 0.5) is 0 Å². The topological polar surface area (TPSA) is 87.7 Å². The predicted octanol–water partition coefficient (Wildman–Crippen LogP) is 2.95. The second-order valence-electron chi connectivity index (χ2n) is 9.17. The minimum absolute atomic E-state index is 0.0318. The van der Waals surface area contributed by atoms with Crippen molar-refractivity contribution in [2.45, 2.75) is 52.2 Å². The maximum Gasteiger partial charge on any atom is 0.279 e. The second kappa shape index (κ2) is 9.85. The highest BCUT2D eigenvalue weighted by Gasteiger charge is 2.34. The lowest BCUT2D eigenvalue weighted by Crippen LogP contribution is -2.49. The number of likely N-dealkylation sites (tertiary alicyclic amines) is 1. The summed E-state index contributed by atoms with van der Waals surface area (Å²) >= 11 is 0. The zero-order valence-corrected chi connectivity index (χ0v) is 19.1. The van der Waals surface area contributed by atoms with Gasteiger partial charge >= 0.3 is 0 Å². The largest absolute Gasteiger partial charge is 0.481 e. The number of benzene rings is 2. The number of carbonyl (C=O) groups excluding carboxylic acids is 3. The Morgan fingerprint density at radius 1 is 1.06 bits per heavy atom. The van der Waals surface area contributed by atoms with Crippen LogP contribution in [0, 0.1) is 5.92 Å². The Labute approximate surface area is 189 Å². The van der Waals surface area contributed by atoms with E-state index in [0.29, 0.717) is 18.8 Å². The molecule has 0 spiro atoms. The first-order chi connectivity index (χ1) is 15.1. The lowest BCUT2D eigenvalue weighted by Gasteiger charge is -2.20. The standard InChI is InChI=1S/C25H31N3O4/c1-17(32-21-12-10-20(11-13-21)25(2,3)4)23(30)26-27-24(31)19-14-22(29)28(16-19)15-18-8-6-5-7-9-18/h5-13,17,19H,14-16H2,1-4H3,(H,26,30)(H,27,31). The third-order valence-corrected chi connectivity index (χ3v) is 5.51. The number of hydrazine groups is 1. The van der Waals surface area contributed by atoms with E-state index in [4.69, 9.17) is 4.74 Å². The van der Waals surface area contributed by atoms with Gasteiger partial charge in [-0.15, -0.1) is 0 Å². The molecule has 0 saturated carbocycles. The summed E-state index contributed by atoms with van der Waals surface area (Å²) < 4.78 is 5.68. The van der Waals surface area contributed by atoms with Crippen molar-refractivity contribution < 1.29 is 19.1 Å². The molecule has 2 atom stereocenters. The molecule has 3 rings (SSSR count). The van der Waals surface area contributed by atoms with Crippen molar-refractivity contribution in [3.05, 3.63) is 65.7 Å². The lowest BCUT2D eigenvalue weighted by atomic mass is 9.87. The number of hydrogen-bond acceptors (Lipinski definition) is 4. The molecular weight excluding hydrogens is 406 g/mol. The van der Waals surface area contributed by atoms with Gasteiger partial charge in [-0.3, -0.25) is 25.2 Å². The first kappa shape index (κ1) is 23.3. The zero-order valence-electron chi connectivity index (χ0n) is 19.1. The van der Waals surface area contributed by atoms with Gasteiger partial charge in [-0.05, 0) is 35.6 Å². The van der Waals surface area contributed by atoms with Gasteiger partial charge in [0.15, 0.2) is 6.10 Å². The van der Waals surface area contributed by atoms with Gasteiger partial charge in [0, 0.05) is 19.5 Å². The number of nitrogens with one attached hydrogen (secondary N) is 2. The first-order valence-corrected chi connectivity index (χ1v) is 10.8. The van der Waals surface area contributed by atoms with Crippen LogP contribution in [0.3, 0.4) is 0 Å². The maximum atomic E-state index is 12.5. The van der Waals surface area contributed by atoms with E-state index in [2.05, 4.69) is 31.6 Å². The summed E-state index contributed by atoms with van der Waals surface area (Å²) in [5.74, 6) is -0.860. The van der Waals surface area contributed by atoms with E-state index in [9.17, 15) is 14.4 Å². The highest BCUT2D eigenvalue weighted by Crippen LogP contribution is 2.24. The summed E-state index contributed by atoms with van der Waals surface area (Å²) in [6.07, 6.45) is -0.670. The van der Waals surface area contributed by atoms with E-state index < -0.39 is 17.9 Å². The van der Waals surface area contributed by atoms with Gasteiger partial charge < -0.3 is 9.64 Å². The van der Waals surface area contributed by atoms with Gasteiger partial charge in [0.2, 0.25) is 11.8 Å². The van der Waals surface area contributed by atoms with Crippen molar-refractivity contribution in [1.82, 2.24) is 15.8 Å². The van der Waals surface area contributed by atoms with Crippen molar-refractivity contribution in [3.8, 4) is 5.75 Å². The number of nitrogens with zero attached hydrogens (tertiary/aromatic N) is 1. The summed E-state index contributed by atoms with van der Waals surface area (Å²) in [5, 5.41) is 0. The molecular formula is C25H31N3O4. The molecule has 7 heteroatoms. The molecule has 32 heavy (non-hydrogen) atoms. The fraction of sp³-hybridized carbons (Fsp3) is 0.400. The van der Waals surface area contributed by atoms with Crippen LogP contribution in [0.2, 0.25) is 0 Å². The van der Waals surface area contributed by atoms with E-state index in [-0.39, 0.29) is 23.7 Å². The van der Waals surface area contributed by atoms with Crippen molar-refractivity contribution in [2.75, 3.05) is 6.54 Å². The number of rotatable bonds is 6. The molecule has 1 aliphatic rings. The predicted molar refractivity (Wildman–Crippen MR) is 121 cm³/mol. The summed E-state index contributed by atoms with van der Waals surface area (Å²) in [6.45, 7) is 8.78. The van der Waals surface area contributed by atoms with Crippen LogP contribution in [-0.4, -0.2) is 35.3 Å². The summed E-state index contributed by atoms with van der Waals surface area (Å²) in [6, 6.07) is 17.2. The Morgan fingerprint density at radius 2 is 1.72 bits per heavy atom. The number of ether oxygens (including phenoxy) is 1. The van der Waals surface area contributed by atoms with Crippen molar-refractivity contribution >= 4 is 17.7 Å². The monoisotopic (exact) mass is 437 g/mol. The second-order valence-corrected chi connectivity index (χ2v) is 9.17. The van der Waals surface area contributed by atoms with Gasteiger partial charge in [-0.25, -0.2) is 0 Å². The minimum atomic E-state index is -0.796. The molecule has 170 valence electrons. The molecule has 1 heterocycles. The van der Waals surface area contributed by atoms with Crippen LogP contribution >= 0.6 is 0 Å². The summed E-state index contributed by atoms with van der Waals surface area (Å²) in [4.78, 5) is 38.7. The molecule has 0 aromatic heterocycles. The number of hydrogen-bond donors (Lipinski definition) is 2. The highest BCUT2D eigenvalue weighted by atomic mass is 16.5. The maximum absolute atomic E-state index is 12.5. The average Bonchev–Trinajstić information content (AvgIpc) is 3.12. The Balaban J connectivity index is 1.46. The van der Waals surface area contributed by atoms with E-state index in [1.54, 1.807) is 11.8 Å². The van der Waals surface area contributed by atoms with Gasteiger partial charge in [0.25, 0.3) is 5.91 Å². The molecule has 2 N–H and O–H groups in total. The molecule has 1 saturated heterocycles. The van der Waals surface area contributed by atoms with Crippen LogP contribution in [0.5, 0.6) is 5.75 Å². The third-order valence-electron chi connectivity index (χ3n) is 5.51. The van der Waals surface area contributed by atoms with Crippen LogP contribution in [0.1, 0.15) is 45.2 Å². The Hall–Kier alpha value is -3.35. The molecule has 3 amide bonds. The van der Waals surface area contributed by atoms with Gasteiger partial charge in [-0.2, -0.15) is 0 Å². The molecule has 0 bridgehead atoms. The highest BCUT2D eigenvalue weighted by molar-refractivity contribution is 5.90. The molecule has 2 unspecified atom stereocenters. The SMILES string of the molecule is CC(Oc1ccc(C(C)(C)C)cc1)C(=O)NNC(=O)C1CC(=O)N(Cc2ccccc2)C1. The van der Waals surface area contributed by atoms with Gasteiger partial charge in [0.1, 0.15) is 5.75 Å². The summed E-state index contributed by atoms with van der Waals surface area (Å²) in [7, 11) is 0. The quantitative estimate of drug-likeness (QED) is 0.680. The van der Waals surface area contributed by atoms with Crippen LogP contribution in [0.25, 0.3) is 0 Å². The molecule has 1 fully saturated rings. The average molecular weight is 438 g/mol. The van der Waals surface area contributed by atoms with E-state index in [1.165, 1.54) is 5.56 Å². The Morgan fingerprint density at radius 3 is 2.34 bits per heavy atom. The first-order valence-electron chi connectivity index (χ1n) is 10.8. The molecule has 2 aromatic rings. The molecule has 0 aliphatic carbocycles. The molecule has 1 aliphatic heterocycles. The van der Waals surface area contributed by atoms with E-state index in [0.717, 1.165) is 5.56 Å². The van der Waals surface area contributed by atoms with E-state index in [1.807, 2.05) is 54.6 Å². The fourth-order valence-corrected chi connectivity index (χ4v) is 3.52. The van der Waals surface area contributed by atoms with Gasteiger partial charge in [0.05, 0.1) is 5.92 Å². The number of carbonyl (C=O) groups is 3. The minimum Gasteiger partial charge on any atom is -0.481 e. The van der Waals surface area contributed by atoms with Crippen molar-refractivity contribution in [3.63, 3.8) is 0 Å². The molecule has 2 aromatic carbocycles. The van der Waals surface area contributed by atoms with Gasteiger partial charge in [-0.1, -0.05) is 63.2 Å². The normalized spacial score (nSPS) is 17.1. The van der Waals surface area contributed by atoms with Crippen LogP contribution in [-0.2, 0) is 26.3 Å². The van der Waals surface area contributed by atoms with Crippen LogP contribution < -0.4 is 15.6 Å². The van der Waals surface area contributed by atoms with Crippen molar-refractivity contribution in [2.24, 2.45) is 5.92 Å². The lowest BCUT2D eigenvalue weighted by molar-refractivity contribution is -0.134. The van der Waals surface area contributed by atoms with Crippen LogP contribution in [0.15, 0.2) is 54.6 Å². The molecule has 0 radical (unpaired) electrons. The Kier molecular flexibility index (Phi) is 7.18. The molecule has 7 nitrogen and oxygen atoms in total. The summed E-state index contributed by atoms with van der Waals surface area (Å²) in [5.41, 5.74) is 7.04. The van der Waals surface area contributed by atoms with Crippen molar-refractivity contribution in [1.29, 1.82) is 0 Å². The van der Waals surface area contributed by atoms with E-state index >= 15 is 0 Å². The zero-order chi connectivity index (χ0) is 23.3. The fourth-order valence-electron chi connectivity index (χ4n) is 3.52. The smallest absolute Gasteiger partial charge is 0.279 e.